The van der Waals surface area contributed by atoms with Crippen LogP contribution < -0.4 is 5.32 Å². The highest BCUT2D eigenvalue weighted by atomic mass is 32.2. The summed E-state index contributed by atoms with van der Waals surface area (Å²) in [6.07, 6.45) is 12.1. The first kappa shape index (κ1) is 15.4. The Balaban J connectivity index is 2.02. The second-order valence-corrected chi connectivity index (χ2v) is 6.86. The zero-order chi connectivity index (χ0) is 12.5. The van der Waals surface area contributed by atoms with Crippen LogP contribution in [0.1, 0.15) is 58.8 Å². The molecule has 1 nitrogen and oxygen atoms in total. The lowest BCUT2D eigenvalue weighted by Crippen LogP contribution is -2.36. The molecule has 17 heavy (non-hydrogen) atoms. The van der Waals surface area contributed by atoms with Crippen molar-refractivity contribution in [2.24, 2.45) is 11.8 Å². The minimum Gasteiger partial charge on any atom is -0.314 e. The van der Waals surface area contributed by atoms with E-state index in [9.17, 15) is 0 Å². The quantitative estimate of drug-likeness (QED) is 0.650. The van der Waals surface area contributed by atoms with Gasteiger partial charge in [0.15, 0.2) is 0 Å². The van der Waals surface area contributed by atoms with Gasteiger partial charge in [-0.15, -0.1) is 0 Å². The summed E-state index contributed by atoms with van der Waals surface area (Å²) in [6.45, 7) is 6.01. The molecule has 0 radical (unpaired) electrons. The van der Waals surface area contributed by atoms with E-state index in [1.54, 1.807) is 0 Å². The Bertz CT molecular complexity index is 182. The van der Waals surface area contributed by atoms with Gasteiger partial charge in [-0.25, -0.2) is 0 Å². The average molecular weight is 257 g/mol. The van der Waals surface area contributed by atoms with Crippen LogP contribution >= 0.6 is 11.8 Å². The van der Waals surface area contributed by atoms with Gasteiger partial charge < -0.3 is 5.32 Å². The fourth-order valence-electron chi connectivity index (χ4n) is 2.87. The van der Waals surface area contributed by atoms with E-state index in [2.05, 4.69) is 25.4 Å². The fourth-order valence-corrected chi connectivity index (χ4v) is 3.37. The first-order valence-electron chi connectivity index (χ1n) is 7.46. The van der Waals surface area contributed by atoms with Gasteiger partial charge in [0.1, 0.15) is 0 Å². The maximum absolute atomic E-state index is 3.78. The zero-order valence-corrected chi connectivity index (χ0v) is 12.8. The molecule has 0 aromatic heterocycles. The van der Waals surface area contributed by atoms with Gasteiger partial charge in [0.2, 0.25) is 0 Å². The fraction of sp³-hybridized carbons (Fsp3) is 1.00. The predicted molar refractivity (Wildman–Crippen MR) is 80.8 cm³/mol. The normalized spacial score (nSPS) is 25.4. The Morgan fingerprint density at radius 2 is 2.00 bits per heavy atom. The standard InChI is InChI=1S/C15H31NS/c1-13(2)14-8-7-9-15(12-14)16-10-5-4-6-11-17-3/h13-16H,4-12H2,1-3H3. The largest absolute Gasteiger partial charge is 0.314 e. The van der Waals surface area contributed by atoms with Crippen LogP contribution in [-0.2, 0) is 0 Å². The predicted octanol–water partition coefficient (Wildman–Crippen LogP) is 4.32. The van der Waals surface area contributed by atoms with Crippen molar-refractivity contribution in [3.63, 3.8) is 0 Å². The minimum absolute atomic E-state index is 0.816. The van der Waals surface area contributed by atoms with Crippen LogP contribution in [0.25, 0.3) is 0 Å². The Hall–Kier alpha value is 0.310. The van der Waals surface area contributed by atoms with Gasteiger partial charge in [-0.3, -0.25) is 0 Å². The molecule has 102 valence electrons. The van der Waals surface area contributed by atoms with Crippen LogP contribution in [0.5, 0.6) is 0 Å². The van der Waals surface area contributed by atoms with Gasteiger partial charge in [0.25, 0.3) is 0 Å². The lowest BCUT2D eigenvalue weighted by Gasteiger charge is -2.32. The summed E-state index contributed by atoms with van der Waals surface area (Å²) in [5.74, 6) is 3.18. The van der Waals surface area contributed by atoms with Crippen LogP contribution in [0.3, 0.4) is 0 Å². The Labute approximate surface area is 113 Å². The summed E-state index contributed by atoms with van der Waals surface area (Å²) in [5.41, 5.74) is 0. The molecule has 1 aliphatic rings. The lowest BCUT2D eigenvalue weighted by molar-refractivity contribution is 0.231. The summed E-state index contributed by atoms with van der Waals surface area (Å²) < 4.78 is 0. The van der Waals surface area contributed by atoms with Crippen molar-refractivity contribution in [2.45, 2.75) is 64.8 Å². The highest BCUT2D eigenvalue weighted by molar-refractivity contribution is 7.98. The monoisotopic (exact) mass is 257 g/mol. The van der Waals surface area contributed by atoms with Crippen molar-refractivity contribution in [1.29, 1.82) is 0 Å². The van der Waals surface area contributed by atoms with E-state index in [0.29, 0.717) is 0 Å². The molecule has 2 unspecified atom stereocenters. The lowest BCUT2D eigenvalue weighted by atomic mass is 9.79. The molecule has 2 heteroatoms. The smallest absolute Gasteiger partial charge is 0.00698 e. The highest BCUT2D eigenvalue weighted by Crippen LogP contribution is 2.29. The van der Waals surface area contributed by atoms with Crippen LogP contribution in [0.2, 0.25) is 0 Å². The minimum atomic E-state index is 0.816. The van der Waals surface area contributed by atoms with Gasteiger partial charge in [0, 0.05) is 6.04 Å². The first-order valence-corrected chi connectivity index (χ1v) is 8.85. The van der Waals surface area contributed by atoms with Crippen LogP contribution in [0.4, 0.5) is 0 Å². The topological polar surface area (TPSA) is 12.0 Å². The van der Waals surface area contributed by atoms with Gasteiger partial charge in [-0.05, 0) is 56.1 Å². The van der Waals surface area contributed by atoms with Gasteiger partial charge in [0.05, 0.1) is 0 Å². The molecule has 1 fully saturated rings. The summed E-state index contributed by atoms with van der Waals surface area (Å²) in [4.78, 5) is 0. The zero-order valence-electron chi connectivity index (χ0n) is 12.0. The van der Waals surface area contributed by atoms with E-state index in [1.807, 2.05) is 11.8 Å². The number of unbranched alkanes of at least 4 members (excludes halogenated alkanes) is 2. The molecule has 0 bridgehead atoms. The molecular weight excluding hydrogens is 226 g/mol. The second-order valence-electron chi connectivity index (χ2n) is 5.88. The third-order valence-electron chi connectivity index (χ3n) is 4.12. The maximum atomic E-state index is 3.78. The molecule has 1 rings (SSSR count). The molecule has 2 atom stereocenters. The van der Waals surface area contributed by atoms with Crippen molar-refractivity contribution < 1.29 is 0 Å². The Morgan fingerprint density at radius 1 is 1.18 bits per heavy atom. The summed E-state index contributed by atoms with van der Waals surface area (Å²) in [6, 6.07) is 0.816. The van der Waals surface area contributed by atoms with E-state index in [0.717, 1.165) is 17.9 Å². The molecule has 0 saturated heterocycles. The molecule has 1 N–H and O–H groups in total. The van der Waals surface area contributed by atoms with E-state index in [1.165, 1.54) is 57.2 Å². The molecule has 1 aliphatic carbocycles. The first-order chi connectivity index (χ1) is 8.24. The van der Waals surface area contributed by atoms with Gasteiger partial charge in [-0.1, -0.05) is 33.1 Å². The molecular formula is C15H31NS. The molecule has 0 aromatic rings. The van der Waals surface area contributed by atoms with E-state index >= 15 is 0 Å². The van der Waals surface area contributed by atoms with Crippen molar-refractivity contribution >= 4 is 11.8 Å². The third kappa shape index (κ3) is 6.71. The van der Waals surface area contributed by atoms with Crippen molar-refractivity contribution in [2.75, 3.05) is 18.6 Å². The maximum Gasteiger partial charge on any atom is 0.00698 e. The van der Waals surface area contributed by atoms with E-state index < -0.39 is 0 Å². The Kier molecular flexibility index (Phi) is 8.38. The molecule has 0 heterocycles. The highest BCUT2D eigenvalue weighted by Gasteiger charge is 2.23. The van der Waals surface area contributed by atoms with E-state index in [4.69, 9.17) is 0 Å². The number of hydrogen-bond acceptors (Lipinski definition) is 2. The molecule has 0 aliphatic heterocycles. The van der Waals surface area contributed by atoms with Crippen molar-refractivity contribution in [3.8, 4) is 0 Å². The number of rotatable bonds is 8. The molecule has 0 aromatic carbocycles. The van der Waals surface area contributed by atoms with Crippen LogP contribution in [0.15, 0.2) is 0 Å². The SMILES string of the molecule is CSCCCCCNC1CCCC(C(C)C)C1. The van der Waals surface area contributed by atoms with Crippen LogP contribution in [-0.4, -0.2) is 24.6 Å². The van der Waals surface area contributed by atoms with Gasteiger partial charge in [-0.2, -0.15) is 11.8 Å². The van der Waals surface area contributed by atoms with E-state index in [-0.39, 0.29) is 0 Å². The summed E-state index contributed by atoms with van der Waals surface area (Å²) in [7, 11) is 0. The molecule has 0 amide bonds. The van der Waals surface area contributed by atoms with Crippen molar-refractivity contribution in [1.82, 2.24) is 5.32 Å². The molecule has 1 saturated carbocycles. The average Bonchev–Trinajstić information content (AvgIpc) is 2.34. The summed E-state index contributed by atoms with van der Waals surface area (Å²) >= 11 is 1.97. The van der Waals surface area contributed by atoms with Crippen molar-refractivity contribution in [3.05, 3.63) is 0 Å². The number of hydrogen-bond donors (Lipinski definition) is 1. The third-order valence-corrected chi connectivity index (χ3v) is 4.81. The number of thioether (sulfide) groups is 1. The Morgan fingerprint density at radius 3 is 2.71 bits per heavy atom. The second kappa shape index (κ2) is 9.27. The molecule has 0 spiro atoms. The summed E-state index contributed by atoms with van der Waals surface area (Å²) in [5, 5.41) is 3.78. The number of nitrogens with one attached hydrogen (secondary N) is 1. The van der Waals surface area contributed by atoms with Crippen LogP contribution in [0, 0.1) is 11.8 Å². The van der Waals surface area contributed by atoms with Gasteiger partial charge >= 0.3 is 0 Å².